The van der Waals surface area contributed by atoms with Crippen LogP contribution in [0.25, 0.3) is 0 Å². The molecule has 152 valence electrons. The van der Waals surface area contributed by atoms with E-state index < -0.39 is 5.82 Å². The van der Waals surface area contributed by atoms with Gasteiger partial charge in [0.05, 0.1) is 12.1 Å². The number of anilines is 1. The number of ether oxygens (including phenoxy) is 2. The lowest BCUT2D eigenvalue weighted by Gasteiger charge is -2.18. The minimum Gasteiger partial charge on any atom is -0.493 e. The molecule has 0 heterocycles. The van der Waals surface area contributed by atoms with Gasteiger partial charge in [-0.2, -0.15) is 0 Å². The number of nitrogens with one attached hydrogen (secondary N) is 1. The Morgan fingerprint density at radius 2 is 1.79 bits per heavy atom. The Kier molecular flexibility index (Phi) is 7.52. The summed E-state index contributed by atoms with van der Waals surface area (Å²) < 4.78 is 25.8. The Labute approximate surface area is 191 Å². The summed E-state index contributed by atoms with van der Waals surface area (Å²) in [6.07, 6.45) is 0. The summed E-state index contributed by atoms with van der Waals surface area (Å²) in [5, 5.41) is 4.35. The molecule has 0 aliphatic heterocycles. The van der Waals surface area contributed by atoms with Gasteiger partial charge in [0.15, 0.2) is 11.5 Å². The van der Waals surface area contributed by atoms with E-state index >= 15 is 0 Å². The number of methoxy groups -OCH3 is 1. The van der Waals surface area contributed by atoms with Crippen molar-refractivity contribution in [2.24, 2.45) is 0 Å². The summed E-state index contributed by atoms with van der Waals surface area (Å²) >= 11 is 21.6. The molecule has 29 heavy (non-hydrogen) atoms. The molecule has 0 unspecified atom stereocenters. The van der Waals surface area contributed by atoms with Gasteiger partial charge in [0, 0.05) is 37.9 Å². The second-order valence-corrected chi connectivity index (χ2v) is 8.17. The lowest BCUT2D eigenvalue weighted by Crippen LogP contribution is -2.06. The highest BCUT2D eigenvalue weighted by atomic mass is 79.9. The quantitative estimate of drug-likeness (QED) is 0.346. The van der Waals surface area contributed by atoms with Gasteiger partial charge < -0.3 is 14.8 Å². The maximum absolute atomic E-state index is 13.4. The maximum Gasteiger partial charge on any atom is 0.167 e. The van der Waals surface area contributed by atoms with E-state index in [1.54, 1.807) is 31.4 Å². The van der Waals surface area contributed by atoms with E-state index in [1.165, 1.54) is 12.1 Å². The monoisotopic (exact) mass is 517 g/mol. The summed E-state index contributed by atoms with van der Waals surface area (Å²) in [5.41, 5.74) is 2.30. The zero-order valence-electron chi connectivity index (χ0n) is 15.2. The molecule has 0 atom stereocenters. The van der Waals surface area contributed by atoms with Gasteiger partial charge in [0.25, 0.3) is 0 Å². The van der Waals surface area contributed by atoms with E-state index in [1.807, 2.05) is 12.1 Å². The van der Waals surface area contributed by atoms with Crippen molar-refractivity contribution in [3.8, 4) is 11.5 Å². The molecule has 0 amide bonds. The molecule has 0 saturated carbocycles. The van der Waals surface area contributed by atoms with Crippen molar-refractivity contribution < 1.29 is 13.9 Å². The van der Waals surface area contributed by atoms with Crippen LogP contribution in [0, 0.1) is 5.82 Å². The topological polar surface area (TPSA) is 30.5 Å². The SMILES string of the molecule is COc1ccc(Br)c(CNc2ccc(F)c(Cl)c2)c1OCc1ccc(Cl)cc1Cl. The highest BCUT2D eigenvalue weighted by Gasteiger charge is 2.16. The average molecular weight is 520 g/mol. The summed E-state index contributed by atoms with van der Waals surface area (Å²) in [7, 11) is 1.57. The van der Waals surface area contributed by atoms with Crippen LogP contribution < -0.4 is 14.8 Å². The fourth-order valence-electron chi connectivity index (χ4n) is 2.65. The number of hydrogen-bond acceptors (Lipinski definition) is 3. The van der Waals surface area contributed by atoms with Crippen molar-refractivity contribution in [3.05, 3.63) is 85.0 Å². The molecule has 8 heteroatoms. The fourth-order valence-corrected chi connectivity index (χ4v) is 3.75. The van der Waals surface area contributed by atoms with Crippen molar-refractivity contribution >= 4 is 56.4 Å². The van der Waals surface area contributed by atoms with Crippen molar-refractivity contribution in [1.29, 1.82) is 0 Å². The van der Waals surface area contributed by atoms with Crippen molar-refractivity contribution in [1.82, 2.24) is 0 Å². The molecule has 0 saturated heterocycles. The van der Waals surface area contributed by atoms with Crippen LogP contribution in [0.4, 0.5) is 10.1 Å². The molecule has 3 aromatic carbocycles. The van der Waals surface area contributed by atoms with Gasteiger partial charge >= 0.3 is 0 Å². The molecule has 0 aromatic heterocycles. The lowest BCUT2D eigenvalue weighted by atomic mass is 10.1. The third-order valence-electron chi connectivity index (χ3n) is 4.16. The van der Waals surface area contributed by atoms with Crippen molar-refractivity contribution in [2.75, 3.05) is 12.4 Å². The van der Waals surface area contributed by atoms with Crippen LogP contribution in [0.3, 0.4) is 0 Å². The summed E-state index contributed by atoms with van der Waals surface area (Å²) in [6.45, 7) is 0.627. The van der Waals surface area contributed by atoms with Gasteiger partial charge in [-0.25, -0.2) is 4.39 Å². The second-order valence-electron chi connectivity index (χ2n) is 6.06. The summed E-state index contributed by atoms with van der Waals surface area (Å²) in [4.78, 5) is 0. The first-order valence-corrected chi connectivity index (χ1v) is 10.4. The summed E-state index contributed by atoms with van der Waals surface area (Å²) in [6, 6.07) is 13.4. The van der Waals surface area contributed by atoms with Gasteiger partial charge in [-0.15, -0.1) is 0 Å². The number of benzene rings is 3. The molecular weight excluding hydrogens is 503 g/mol. The highest BCUT2D eigenvalue weighted by molar-refractivity contribution is 9.10. The van der Waals surface area contributed by atoms with Gasteiger partial charge in [-0.1, -0.05) is 56.8 Å². The molecule has 0 spiro atoms. The molecule has 3 rings (SSSR count). The van der Waals surface area contributed by atoms with Gasteiger partial charge in [0.1, 0.15) is 12.4 Å². The number of halogens is 5. The van der Waals surface area contributed by atoms with Crippen molar-refractivity contribution in [3.63, 3.8) is 0 Å². The first kappa shape index (κ1) is 22.0. The zero-order valence-corrected chi connectivity index (χ0v) is 19.1. The van der Waals surface area contributed by atoms with E-state index in [0.29, 0.717) is 33.8 Å². The first-order chi connectivity index (χ1) is 13.9. The van der Waals surface area contributed by atoms with E-state index in [-0.39, 0.29) is 11.6 Å². The molecule has 0 radical (unpaired) electrons. The Balaban J connectivity index is 1.85. The predicted octanol–water partition coefficient (Wildman–Crippen LogP) is 7.75. The van der Waals surface area contributed by atoms with Gasteiger partial charge in [-0.3, -0.25) is 0 Å². The molecule has 1 N–H and O–H groups in total. The molecule has 0 aliphatic rings. The van der Waals surface area contributed by atoms with Crippen LogP contribution >= 0.6 is 50.7 Å². The van der Waals surface area contributed by atoms with Crippen molar-refractivity contribution in [2.45, 2.75) is 13.2 Å². The molecule has 0 fully saturated rings. The van der Waals surface area contributed by atoms with E-state index in [2.05, 4.69) is 21.2 Å². The summed E-state index contributed by atoms with van der Waals surface area (Å²) in [5.74, 6) is 0.671. The number of rotatable bonds is 7. The highest BCUT2D eigenvalue weighted by Crippen LogP contribution is 2.38. The first-order valence-electron chi connectivity index (χ1n) is 8.50. The molecule has 0 bridgehead atoms. The lowest BCUT2D eigenvalue weighted by molar-refractivity contribution is 0.281. The maximum atomic E-state index is 13.4. The molecule has 0 aliphatic carbocycles. The van der Waals surface area contributed by atoms with E-state index in [4.69, 9.17) is 44.3 Å². The van der Waals surface area contributed by atoms with Crippen LogP contribution in [0.1, 0.15) is 11.1 Å². The van der Waals surface area contributed by atoms with Crippen LogP contribution in [0.2, 0.25) is 15.1 Å². The zero-order chi connectivity index (χ0) is 21.0. The number of hydrogen-bond donors (Lipinski definition) is 1. The minimum atomic E-state index is -0.469. The Morgan fingerprint density at radius 1 is 1.00 bits per heavy atom. The van der Waals surface area contributed by atoms with Crippen LogP contribution in [0.15, 0.2) is 53.0 Å². The standard InChI is InChI=1S/C21H16BrCl3FNO2/c1-28-20-7-5-16(22)15(10-27-14-4-6-19(26)18(25)9-14)21(20)29-11-12-2-3-13(23)8-17(12)24/h2-9,27H,10-11H2,1H3. The van der Waals surface area contributed by atoms with E-state index in [0.717, 1.165) is 15.6 Å². The van der Waals surface area contributed by atoms with Crippen LogP contribution in [0.5, 0.6) is 11.5 Å². The average Bonchev–Trinajstić information content (AvgIpc) is 2.69. The molecule has 3 nitrogen and oxygen atoms in total. The Hall–Kier alpha value is -1.66. The third-order valence-corrected chi connectivity index (χ3v) is 5.78. The van der Waals surface area contributed by atoms with Crippen LogP contribution in [-0.2, 0) is 13.2 Å². The van der Waals surface area contributed by atoms with Crippen LogP contribution in [-0.4, -0.2) is 7.11 Å². The van der Waals surface area contributed by atoms with Gasteiger partial charge in [0.2, 0.25) is 0 Å². The Morgan fingerprint density at radius 3 is 2.48 bits per heavy atom. The smallest absolute Gasteiger partial charge is 0.167 e. The van der Waals surface area contributed by atoms with Gasteiger partial charge in [-0.05, 0) is 42.5 Å². The Bertz CT molecular complexity index is 1030. The molecular formula is C21H16BrCl3FNO2. The second kappa shape index (κ2) is 9.90. The molecule has 3 aromatic rings. The largest absolute Gasteiger partial charge is 0.493 e. The normalized spacial score (nSPS) is 10.7. The van der Waals surface area contributed by atoms with E-state index in [9.17, 15) is 4.39 Å². The fraction of sp³-hybridized carbons (Fsp3) is 0.143. The predicted molar refractivity (Wildman–Crippen MR) is 120 cm³/mol. The minimum absolute atomic E-state index is 0.0496. The third kappa shape index (κ3) is 5.48.